The summed E-state index contributed by atoms with van der Waals surface area (Å²) in [6.45, 7) is 15.8. The zero-order valence-electron chi connectivity index (χ0n) is 24.0. The van der Waals surface area contributed by atoms with E-state index in [-0.39, 0.29) is 5.92 Å². The molecular weight excluding hydrogens is 446 g/mol. The molecule has 3 rings (SSSR count). The molecule has 3 aliphatic rings. The van der Waals surface area contributed by atoms with E-state index < -0.39 is 11.8 Å². The molecule has 4 atom stereocenters. The Bertz CT molecular complexity index is 822. The maximum absolute atomic E-state index is 13.9. The van der Waals surface area contributed by atoms with E-state index in [1.807, 2.05) is 0 Å². The number of carbonyl (C=O) groups is 1. The van der Waals surface area contributed by atoms with E-state index in [2.05, 4.69) is 74.9 Å². The Morgan fingerprint density at radius 1 is 1.22 bits per heavy atom. The highest BCUT2D eigenvalue weighted by molar-refractivity contribution is 5.91. The molecule has 0 saturated carbocycles. The van der Waals surface area contributed by atoms with Crippen LogP contribution in [-0.2, 0) is 4.79 Å². The number of aliphatic hydroxyl groups excluding tert-OH is 1. The first kappa shape index (κ1) is 29.0. The number of hydrogen-bond acceptors (Lipinski definition) is 4. The fourth-order valence-electron chi connectivity index (χ4n) is 6.07. The average molecular weight is 500 g/mol. The van der Waals surface area contributed by atoms with Crippen LogP contribution in [0.1, 0.15) is 106 Å². The number of likely N-dealkylation sites (tertiary alicyclic amines) is 1. The normalized spacial score (nSPS) is 27.2. The van der Waals surface area contributed by atoms with Gasteiger partial charge in [-0.05, 0) is 68.4 Å². The monoisotopic (exact) mass is 499 g/mol. The van der Waals surface area contributed by atoms with Crippen LogP contribution in [0.15, 0.2) is 35.2 Å². The number of amides is 1. The lowest BCUT2D eigenvalue weighted by molar-refractivity contribution is -0.132. The molecule has 4 unspecified atom stereocenters. The minimum Gasteiger partial charge on any atom is -0.378 e. The Labute approximate surface area is 221 Å². The second-order valence-corrected chi connectivity index (χ2v) is 11.8. The summed E-state index contributed by atoms with van der Waals surface area (Å²) in [6, 6.07) is 0. The van der Waals surface area contributed by atoms with Crippen molar-refractivity contribution in [2.24, 2.45) is 17.8 Å². The van der Waals surface area contributed by atoms with E-state index in [1.165, 1.54) is 11.1 Å². The van der Waals surface area contributed by atoms with E-state index in [1.54, 1.807) is 0 Å². The van der Waals surface area contributed by atoms with E-state index in [0.29, 0.717) is 17.7 Å². The second kappa shape index (κ2) is 13.3. The molecular formula is C31H53N3O2. The van der Waals surface area contributed by atoms with E-state index in [4.69, 9.17) is 0 Å². The zero-order chi connectivity index (χ0) is 26.3. The van der Waals surface area contributed by atoms with Gasteiger partial charge in [-0.25, -0.2) is 0 Å². The van der Waals surface area contributed by atoms with Gasteiger partial charge in [0.15, 0.2) is 0 Å². The van der Waals surface area contributed by atoms with Crippen molar-refractivity contribution < 1.29 is 9.90 Å². The van der Waals surface area contributed by atoms with Gasteiger partial charge in [-0.2, -0.15) is 0 Å². The van der Waals surface area contributed by atoms with Crippen molar-refractivity contribution in [2.75, 3.05) is 19.6 Å². The molecule has 0 aromatic carbocycles. The van der Waals surface area contributed by atoms with Crippen molar-refractivity contribution >= 4 is 5.91 Å². The summed E-state index contributed by atoms with van der Waals surface area (Å²) < 4.78 is 0. The summed E-state index contributed by atoms with van der Waals surface area (Å²) >= 11 is 0. The molecule has 0 spiro atoms. The molecule has 1 aliphatic carbocycles. The van der Waals surface area contributed by atoms with Crippen molar-refractivity contribution in [3.8, 4) is 0 Å². The number of nitrogens with one attached hydrogen (secondary N) is 1. The van der Waals surface area contributed by atoms with Gasteiger partial charge in [0.2, 0.25) is 0 Å². The maximum Gasteiger partial charge on any atom is 0.253 e. The largest absolute Gasteiger partial charge is 0.378 e. The Balaban J connectivity index is 1.63. The second-order valence-electron chi connectivity index (χ2n) is 11.8. The number of allylic oxidation sites excluding steroid dienone is 4. The van der Waals surface area contributed by atoms with Crippen molar-refractivity contribution in [3.63, 3.8) is 0 Å². The summed E-state index contributed by atoms with van der Waals surface area (Å²) in [5.41, 5.74) is 2.11. The van der Waals surface area contributed by atoms with Gasteiger partial charge < -0.3 is 10.4 Å². The van der Waals surface area contributed by atoms with Gasteiger partial charge in [0.25, 0.3) is 5.91 Å². The quantitative estimate of drug-likeness (QED) is 0.309. The van der Waals surface area contributed by atoms with E-state index in [0.717, 1.165) is 89.7 Å². The molecule has 0 aromatic heterocycles. The third-order valence-electron chi connectivity index (χ3n) is 8.90. The Kier molecular flexibility index (Phi) is 10.7. The van der Waals surface area contributed by atoms with Gasteiger partial charge in [-0.3, -0.25) is 14.6 Å². The maximum atomic E-state index is 13.9. The minimum atomic E-state index is -0.442. The molecule has 204 valence electrons. The van der Waals surface area contributed by atoms with Crippen LogP contribution >= 0.6 is 0 Å². The molecule has 2 heterocycles. The van der Waals surface area contributed by atoms with Gasteiger partial charge in [-0.1, -0.05) is 78.5 Å². The van der Waals surface area contributed by atoms with Crippen LogP contribution in [-0.4, -0.2) is 52.2 Å². The van der Waals surface area contributed by atoms with E-state index >= 15 is 0 Å². The summed E-state index contributed by atoms with van der Waals surface area (Å²) in [5, 5.41) is 14.9. The summed E-state index contributed by atoms with van der Waals surface area (Å²) in [7, 11) is 0. The number of unbranched alkanes of at least 4 members (excludes halogenated alkanes) is 2. The topological polar surface area (TPSA) is 55.8 Å². The minimum absolute atomic E-state index is 0.122. The van der Waals surface area contributed by atoms with Gasteiger partial charge in [0.05, 0.1) is 0 Å². The highest BCUT2D eigenvalue weighted by Crippen LogP contribution is 2.35. The number of aliphatic hydroxyl groups is 1. The molecule has 2 saturated heterocycles. The van der Waals surface area contributed by atoms with Gasteiger partial charge in [0, 0.05) is 25.6 Å². The first-order valence-electron chi connectivity index (χ1n) is 14.9. The number of nitrogens with zero attached hydrogens (tertiary/aromatic N) is 2. The number of hydrogen-bond donors (Lipinski definition) is 2. The van der Waals surface area contributed by atoms with Crippen LogP contribution in [0.3, 0.4) is 0 Å². The summed E-state index contributed by atoms with van der Waals surface area (Å²) in [4.78, 5) is 18.2. The predicted octanol–water partition coefficient (Wildman–Crippen LogP) is 6.37. The smallest absolute Gasteiger partial charge is 0.253 e. The molecule has 0 aromatic rings. The van der Waals surface area contributed by atoms with E-state index in [9.17, 15) is 9.90 Å². The fourth-order valence-corrected chi connectivity index (χ4v) is 6.07. The number of carbonyl (C=O) groups excluding carboxylic acids is 1. The standard InChI is InChI=1S/C31H53N3O2/c1-7-10-18-31(19-11-8-2)30(36)34(28(32-31)24(5)9-3)21-17-26-16-20-33(22-26)29(35)25(6)27-14-12-23(4)13-15-27/h12,14-15,23,25-26,29,32,35H,7-11,13,16-22H2,1-6H3/b28-24-. The van der Waals surface area contributed by atoms with Gasteiger partial charge >= 0.3 is 0 Å². The molecule has 2 N–H and O–H groups in total. The SMILES string of the molecule is CCCCC1(CCCC)N/C(=C(\C)CC)N(CCC2CCN(C(O)C(C)C3=CCC(C)C=C3)C2)C1=O. The molecule has 0 radical (unpaired) electrons. The Morgan fingerprint density at radius 2 is 1.92 bits per heavy atom. The van der Waals surface area contributed by atoms with Crippen LogP contribution in [0.25, 0.3) is 0 Å². The highest BCUT2D eigenvalue weighted by Gasteiger charge is 2.48. The fraction of sp³-hybridized carbons (Fsp3) is 0.774. The third-order valence-corrected chi connectivity index (χ3v) is 8.90. The Morgan fingerprint density at radius 3 is 2.50 bits per heavy atom. The Hall–Kier alpha value is -1.59. The van der Waals surface area contributed by atoms with Crippen molar-refractivity contribution in [3.05, 3.63) is 35.2 Å². The number of rotatable bonds is 13. The average Bonchev–Trinajstić information content (AvgIpc) is 3.47. The lowest BCUT2D eigenvalue weighted by Crippen LogP contribution is -2.46. The highest BCUT2D eigenvalue weighted by atomic mass is 16.3. The van der Waals surface area contributed by atoms with Crippen LogP contribution in [0, 0.1) is 17.8 Å². The molecule has 2 fully saturated rings. The van der Waals surface area contributed by atoms with Crippen molar-refractivity contribution in [1.29, 1.82) is 0 Å². The van der Waals surface area contributed by atoms with Crippen LogP contribution in [0.2, 0.25) is 0 Å². The van der Waals surface area contributed by atoms with Gasteiger partial charge in [-0.15, -0.1) is 0 Å². The van der Waals surface area contributed by atoms with Crippen molar-refractivity contribution in [1.82, 2.24) is 15.1 Å². The lowest BCUT2D eigenvalue weighted by atomic mass is 9.87. The molecule has 5 nitrogen and oxygen atoms in total. The van der Waals surface area contributed by atoms with Crippen LogP contribution in [0.5, 0.6) is 0 Å². The first-order chi connectivity index (χ1) is 17.3. The van der Waals surface area contributed by atoms with Gasteiger partial charge in [0.1, 0.15) is 17.6 Å². The summed E-state index contributed by atoms with van der Waals surface area (Å²) in [5.74, 6) is 2.59. The zero-order valence-corrected chi connectivity index (χ0v) is 24.0. The lowest BCUT2D eigenvalue weighted by Gasteiger charge is -2.30. The molecule has 1 amide bonds. The van der Waals surface area contributed by atoms with Crippen molar-refractivity contribution in [2.45, 2.75) is 118 Å². The predicted molar refractivity (Wildman–Crippen MR) is 150 cm³/mol. The third kappa shape index (κ3) is 6.64. The molecule has 2 aliphatic heterocycles. The molecule has 36 heavy (non-hydrogen) atoms. The van der Waals surface area contributed by atoms with Crippen LogP contribution in [0.4, 0.5) is 0 Å². The summed E-state index contributed by atoms with van der Waals surface area (Å²) in [6.07, 6.45) is 16.6. The van der Waals surface area contributed by atoms with Crippen LogP contribution < -0.4 is 5.32 Å². The first-order valence-corrected chi connectivity index (χ1v) is 14.9. The molecule has 0 bridgehead atoms. The molecule has 5 heteroatoms.